The molecule has 0 N–H and O–H groups in total. The molecule has 2 fully saturated rings. The van der Waals surface area contributed by atoms with E-state index in [2.05, 4.69) is 49.6 Å². The van der Waals surface area contributed by atoms with Gasteiger partial charge in [-0.15, -0.1) is 29.9 Å². The fourth-order valence-electron chi connectivity index (χ4n) is 6.89. The molecular formula is C33H40Cl2F3N7O3S. The number of tetrazole rings is 1. The Labute approximate surface area is 297 Å². The molecule has 49 heavy (non-hydrogen) atoms. The number of nitrogens with zero attached hydrogens (tertiary/aromatic N) is 7. The highest BCUT2D eigenvalue weighted by Gasteiger charge is 2.45. The summed E-state index contributed by atoms with van der Waals surface area (Å²) in [7, 11) is -1.95. The minimum atomic E-state index is -4.74. The van der Waals surface area contributed by atoms with Crippen molar-refractivity contribution in [3.8, 4) is 11.4 Å². The molecule has 0 aliphatic carbocycles. The first kappa shape index (κ1) is 38.5. The quantitative estimate of drug-likeness (QED) is 0.229. The van der Waals surface area contributed by atoms with Crippen molar-refractivity contribution >= 4 is 34.8 Å². The molecule has 266 valence electrons. The Bertz CT molecular complexity index is 1740. The van der Waals surface area contributed by atoms with Gasteiger partial charge in [0.15, 0.2) is 0 Å². The third kappa shape index (κ3) is 8.05. The summed E-state index contributed by atoms with van der Waals surface area (Å²) in [5.74, 6) is -0.714. The van der Waals surface area contributed by atoms with Crippen LogP contribution < -0.4 is 4.74 Å². The topological polar surface area (TPSA) is 96.7 Å². The van der Waals surface area contributed by atoms with E-state index in [1.54, 1.807) is 30.3 Å². The molecule has 6 rings (SSSR count). The maximum Gasteiger partial charge on any atom is 0.453 e. The lowest BCUT2D eigenvalue weighted by atomic mass is 9.81. The van der Waals surface area contributed by atoms with Crippen molar-refractivity contribution in [3.63, 3.8) is 0 Å². The Morgan fingerprint density at radius 1 is 0.898 bits per heavy atom. The molecule has 0 saturated carbocycles. The maximum atomic E-state index is 13.7. The molecule has 2 aliphatic heterocycles. The zero-order valence-electron chi connectivity index (χ0n) is 27.3. The number of halogens is 5. The summed E-state index contributed by atoms with van der Waals surface area (Å²) < 4.78 is 75.5. The van der Waals surface area contributed by atoms with Crippen LogP contribution in [0.1, 0.15) is 42.3 Å². The standard InChI is InChI=1S/C33H38F3N7O3S.2ClH/c1-23(2)47(44,45)41-16-17-42-28(21-41)20-40(22-29(42)31(24-10-6-4-7-11-24)25-12-8-5-9-13-25)19-26-18-27(14-15-30(26)46-3)43-32(33(34,35)36)37-38-39-43;;/h4-15,18,23,28-29,31H,16-17,19-22H2,1-3H3;2*1H/t28-,29+;;/m1../s1. The lowest BCUT2D eigenvalue weighted by Crippen LogP contribution is -2.67. The number of benzene rings is 3. The average molecular weight is 743 g/mol. The third-order valence-corrected chi connectivity index (χ3v) is 11.4. The predicted octanol–water partition coefficient (Wildman–Crippen LogP) is 5.27. The van der Waals surface area contributed by atoms with E-state index in [1.165, 1.54) is 13.2 Å². The van der Waals surface area contributed by atoms with Gasteiger partial charge in [0.05, 0.1) is 18.0 Å². The van der Waals surface area contributed by atoms with Crippen LogP contribution in [-0.2, 0) is 22.7 Å². The van der Waals surface area contributed by atoms with E-state index in [-0.39, 0.29) is 48.5 Å². The maximum absolute atomic E-state index is 13.7. The second-order valence-corrected chi connectivity index (χ2v) is 14.8. The van der Waals surface area contributed by atoms with E-state index in [1.807, 2.05) is 36.4 Å². The van der Waals surface area contributed by atoms with Gasteiger partial charge in [-0.25, -0.2) is 8.42 Å². The summed E-state index contributed by atoms with van der Waals surface area (Å²) in [4.78, 5) is 4.71. The lowest BCUT2D eigenvalue weighted by Gasteiger charge is -2.53. The molecule has 3 aromatic carbocycles. The molecular weight excluding hydrogens is 702 g/mol. The fraction of sp³-hybridized carbons (Fsp3) is 0.424. The zero-order chi connectivity index (χ0) is 33.3. The Kier molecular flexibility index (Phi) is 12.4. The molecule has 0 unspecified atom stereocenters. The number of methoxy groups -OCH3 is 1. The monoisotopic (exact) mass is 741 g/mol. The number of hydrogen-bond acceptors (Lipinski definition) is 8. The third-order valence-electron chi connectivity index (χ3n) is 9.11. The normalized spacial score (nSPS) is 19.3. The van der Waals surface area contributed by atoms with Gasteiger partial charge >= 0.3 is 6.18 Å². The number of sulfonamides is 1. The Morgan fingerprint density at radius 3 is 2.10 bits per heavy atom. The van der Waals surface area contributed by atoms with Crippen LogP contribution in [0.15, 0.2) is 78.9 Å². The van der Waals surface area contributed by atoms with E-state index in [4.69, 9.17) is 4.74 Å². The van der Waals surface area contributed by atoms with Gasteiger partial charge in [0, 0.05) is 62.8 Å². The zero-order valence-corrected chi connectivity index (χ0v) is 29.7. The summed E-state index contributed by atoms with van der Waals surface area (Å²) >= 11 is 0. The van der Waals surface area contributed by atoms with Gasteiger partial charge in [-0.05, 0) is 53.6 Å². The molecule has 2 aliphatic rings. The van der Waals surface area contributed by atoms with Crippen LogP contribution in [0.4, 0.5) is 13.2 Å². The van der Waals surface area contributed by atoms with Crippen molar-refractivity contribution in [2.24, 2.45) is 0 Å². The molecule has 0 spiro atoms. The first-order valence-corrected chi connectivity index (χ1v) is 17.1. The van der Waals surface area contributed by atoms with Crippen LogP contribution in [0.5, 0.6) is 5.75 Å². The van der Waals surface area contributed by atoms with E-state index in [9.17, 15) is 21.6 Å². The van der Waals surface area contributed by atoms with Crippen molar-refractivity contribution in [1.29, 1.82) is 0 Å². The van der Waals surface area contributed by atoms with Crippen LogP contribution in [-0.4, -0.2) is 99.9 Å². The molecule has 2 saturated heterocycles. The number of aromatic nitrogens is 4. The van der Waals surface area contributed by atoms with Gasteiger partial charge in [-0.2, -0.15) is 22.2 Å². The van der Waals surface area contributed by atoms with Crippen LogP contribution in [0.3, 0.4) is 0 Å². The smallest absolute Gasteiger partial charge is 0.453 e. The number of alkyl halides is 3. The molecule has 0 bridgehead atoms. The highest BCUT2D eigenvalue weighted by atomic mass is 35.5. The Hall–Kier alpha value is -3.27. The van der Waals surface area contributed by atoms with Gasteiger partial charge in [0.1, 0.15) is 5.75 Å². The van der Waals surface area contributed by atoms with Gasteiger partial charge in [-0.1, -0.05) is 60.7 Å². The first-order valence-electron chi connectivity index (χ1n) is 15.6. The molecule has 2 atom stereocenters. The van der Waals surface area contributed by atoms with Crippen LogP contribution in [0.2, 0.25) is 0 Å². The molecule has 3 heterocycles. The van der Waals surface area contributed by atoms with Gasteiger partial charge in [-0.3, -0.25) is 9.80 Å². The first-order chi connectivity index (χ1) is 22.5. The Morgan fingerprint density at radius 2 is 1.53 bits per heavy atom. The van der Waals surface area contributed by atoms with Crippen molar-refractivity contribution < 1.29 is 26.3 Å². The van der Waals surface area contributed by atoms with Gasteiger partial charge in [0.25, 0.3) is 5.82 Å². The largest absolute Gasteiger partial charge is 0.496 e. The highest BCUT2D eigenvalue weighted by Crippen LogP contribution is 2.37. The number of fused-ring (bicyclic) bond motifs is 1. The Balaban J connectivity index is 0.00000270. The fourth-order valence-corrected chi connectivity index (χ4v) is 8.21. The summed E-state index contributed by atoms with van der Waals surface area (Å²) in [6.07, 6.45) is -4.74. The van der Waals surface area contributed by atoms with E-state index in [0.717, 1.165) is 11.1 Å². The van der Waals surface area contributed by atoms with Crippen molar-refractivity contribution in [1.82, 2.24) is 34.3 Å². The van der Waals surface area contributed by atoms with Crippen LogP contribution in [0, 0.1) is 0 Å². The summed E-state index contributed by atoms with van der Waals surface area (Å²) in [5, 5.41) is 9.54. The number of ether oxygens (including phenoxy) is 1. The number of hydrogen-bond donors (Lipinski definition) is 0. The average Bonchev–Trinajstić information content (AvgIpc) is 3.57. The second-order valence-electron chi connectivity index (χ2n) is 12.3. The van der Waals surface area contributed by atoms with E-state index in [0.29, 0.717) is 55.3 Å². The number of rotatable bonds is 9. The summed E-state index contributed by atoms with van der Waals surface area (Å²) in [5.41, 5.74) is 3.13. The van der Waals surface area contributed by atoms with Gasteiger partial charge in [0.2, 0.25) is 10.0 Å². The molecule has 16 heteroatoms. The summed E-state index contributed by atoms with van der Waals surface area (Å²) in [6.45, 7) is 6.29. The molecule has 1 aromatic heterocycles. The molecule has 0 radical (unpaired) electrons. The van der Waals surface area contributed by atoms with Crippen molar-refractivity contribution in [3.05, 3.63) is 101 Å². The van der Waals surface area contributed by atoms with E-state index < -0.39 is 27.3 Å². The number of piperazine rings is 2. The lowest BCUT2D eigenvalue weighted by molar-refractivity contribution is -0.146. The van der Waals surface area contributed by atoms with Crippen LogP contribution >= 0.6 is 24.8 Å². The van der Waals surface area contributed by atoms with Crippen molar-refractivity contribution in [2.75, 3.05) is 39.8 Å². The second kappa shape index (κ2) is 15.7. The summed E-state index contributed by atoms with van der Waals surface area (Å²) in [6, 6.07) is 25.2. The molecule has 0 amide bonds. The SMILES string of the molecule is COc1ccc(-n2nnnc2C(F)(F)F)cc1CN1C[C@@H]2CN(S(=O)(=O)C(C)C)CCN2[C@H](C(c2ccccc2)c2ccccc2)C1.Cl.Cl. The van der Waals surface area contributed by atoms with E-state index >= 15 is 0 Å². The minimum absolute atomic E-state index is 0. The molecule has 4 aromatic rings. The molecule has 10 nitrogen and oxygen atoms in total. The predicted molar refractivity (Wildman–Crippen MR) is 185 cm³/mol. The highest BCUT2D eigenvalue weighted by molar-refractivity contribution is 7.89. The van der Waals surface area contributed by atoms with Gasteiger partial charge < -0.3 is 4.74 Å². The van der Waals surface area contributed by atoms with Crippen molar-refractivity contribution in [2.45, 2.75) is 49.8 Å². The minimum Gasteiger partial charge on any atom is -0.496 e. The van der Waals surface area contributed by atoms with Crippen LogP contribution in [0.25, 0.3) is 5.69 Å².